The average molecular weight is 232 g/mol. The summed E-state index contributed by atoms with van der Waals surface area (Å²) in [5.41, 5.74) is 5.20. The molecular formula is C11H24N2O3. The van der Waals surface area contributed by atoms with Crippen LogP contribution >= 0.6 is 0 Å². The van der Waals surface area contributed by atoms with Gasteiger partial charge in [0.15, 0.2) is 0 Å². The molecule has 3 N–H and O–H groups in total. The zero-order valence-electron chi connectivity index (χ0n) is 10.3. The molecule has 0 aliphatic heterocycles. The largest absolute Gasteiger partial charge is 0.382 e. The molecule has 0 aliphatic rings. The van der Waals surface area contributed by atoms with E-state index in [4.69, 9.17) is 15.2 Å². The van der Waals surface area contributed by atoms with E-state index < -0.39 is 0 Å². The van der Waals surface area contributed by atoms with Gasteiger partial charge in [0.05, 0.1) is 19.3 Å². The monoisotopic (exact) mass is 232 g/mol. The Morgan fingerprint density at radius 1 is 1.31 bits per heavy atom. The Kier molecular flexibility index (Phi) is 10.4. The van der Waals surface area contributed by atoms with Gasteiger partial charge in [0.1, 0.15) is 0 Å². The van der Waals surface area contributed by atoms with Crippen molar-refractivity contribution in [3.63, 3.8) is 0 Å². The lowest BCUT2D eigenvalue weighted by Crippen LogP contribution is -2.41. The minimum Gasteiger partial charge on any atom is -0.382 e. The van der Waals surface area contributed by atoms with E-state index in [9.17, 15) is 4.79 Å². The topological polar surface area (TPSA) is 73.6 Å². The van der Waals surface area contributed by atoms with E-state index >= 15 is 0 Å². The third-order valence-corrected chi connectivity index (χ3v) is 2.29. The molecule has 0 aliphatic carbocycles. The highest BCUT2D eigenvalue weighted by Gasteiger charge is 2.10. The number of unbranched alkanes of at least 4 members (excludes halogenated alkanes) is 1. The fraction of sp³-hybridized carbons (Fsp3) is 0.909. The standard InChI is InChI=1S/C11H24N2O3/c1-3-10(11(12)14)13-6-4-5-7-16-9-8-15-2/h10,13H,3-9H2,1-2H3,(H2,12,14). The van der Waals surface area contributed by atoms with Crippen molar-refractivity contribution in [2.45, 2.75) is 32.2 Å². The van der Waals surface area contributed by atoms with Crippen molar-refractivity contribution in [1.29, 1.82) is 0 Å². The van der Waals surface area contributed by atoms with E-state index in [1.54, 1.807) is 7.11 Å². The molecule has 0 rings (SSSR count). The van der Waals surface area contributed by atoms with Crippen LogP contribution in [0.1, 0.15) is 26.2 Å². The van der Waals surface area contributed by atoms with Crippen LogP contribution in [0.5, 0.6) is 0 Å². The molecular weight excluding hydrogens is 208 g/mol. The predicted molar refractivity (Wildman–Crippen MR) is 63.2 cm³/mol. The second-order valence-electron chi connectivity index (χ2n) is 3.63. The molecule has 0 saturated carbocycles. The molecule has 0 heterocycles. The first-order valence-corrected chi connectivity index (χ1v) is 5.81. The highest BCUT2D eigenvalue weighted by Crippen LogP contribution is 1.93. The first-order chi connectivity index (χ1) is 7.72. The van der Waals surface area contributed by atoms with Crippen molar-refractivity contribution >= 4 is 5.91 Å². The third kappa shape index (κ3) is 8.64. The molecule has 96 valence electrons. The first kappa shape index (κ1) is 15.3. The zero-order valence-corrected chi connectivity index (χ0v) is 10.3. The van der Waals surface area contributed by atoms with Crippen molar-refractivity contribution < 1.29 is 14.3 Å². The lowest BCUT2D eigenvalue weighted by molar-refractivity contribution is -0.120. The molecule has 16 heavy (non-hydrogen) atoms. The van der Waals surface area contributed by atoms with Crippen LogP contribution in [0, 0.1) is 0 Å². The number of amides is 1. The highest BCUT2D eigenvalue weighted by molar-refractivity contribution is 5.79. The maximum absolute atomic E-state index is 10.9. The van der Waals surface area contributed by atoms with Crippen LogP contribution in [-0.2, 0) is 14.3 Å². The lowest BCUT2D eigenvalue weighted by atomic mass is 10.2. The summed E-state index contributed by atoms with van der Waals surface area (Å²) in [4.78, 5) is 10.9. The summed E-state index contributed by atoms with van der Waals surface area (Å²) in [5.74, 6) is -0.279. The van der Waals surface area contributed by atoms with E-state index in [0.29, 0.717) is 13.2 Å². The van der Waals surface area contributed by atoms with Gasteiger partial charge in [0, 0.05) is 13.7 Å². The summed E-state index contributed by atoms with van der Waals surface area (Å²) in [5, 5.41) is 3.12. The molecule has 5 nitrogen and oxygen atoms in total. The smallest absolute Gasteiger partial charge is 0.234 e. The van der Waals surface area contributed by atoms with E-state index in [0.717, 1.165) is 32.4 Å². The second kappa shape index (κ2) is 10.9. The Balaban J connectivity index is 3.22. The fourth-order valence-electron chi connectivity index (χ4n) is 1.30. The van der Waals surface area contributed by atoms with Crippen LogP contribution in [0.25, 0.3) is 0 Å². The van der Waals surface area contributed by atoms with Gasteiger partial charge < -0.3 is 20.5 Å². The Hall–Kier alpha value is -0.650. The van der Waals surface area contributed by atoms with Crippen molar-refractivity contribution in [2.75, 3.05) is 33.5 Å². The van der Waals surface area contributed by atoms with Gasteiger partial charge >= 0.3 is 0 Å². The van der Waals surface area contributed by atoms with Gasteiger partial charge in [-0.2, -0.15) is 0 Å². The molecule has 0 bridgehead atoms. The molecule has 0 fully saturated rings. The Labute approximate surface area is 97.7 Å². The number of nitrogens with one attached hydrogen (secondary N) is 1. The van der Waals surface area contributed by atoms with Gasteiger partial charge in [0.2, 0.25) is 5.91 Å². The van der Waals surface area contributed by atoms with Gasteiger partial charge in [-0.05, 0) is 25.8 Å². The number of methoxy groups -OCH3 is 1. The van der Waals surface area contributed by atoms with Crippen LogP contribution in [0.2, 0.25) is 0 Å². The third-order valence-electron chi connectivity index (χ3n) is 2.29. The number of hydrogen-bond acceptors (Lipinski definition) is 4. The Morgan fingerprint density at radius 3 is 2.62 bits per heavy atom. The molecule has 0 aromatic heterocycles. The van der Waals surface area contributed by atoms with Crippen LogP contribution in [0.3, 0.4) is 0 Å². The Bertz CT molecular complexity index is 177. The molecule has 0 radical (unpaired) electrons. The lowest BCUT2D eigenvalue weighted by Gasteiger charge is -2.12. The quantitative estimate of drug-likeness (QED) is 0.502. The molecule has 1 atom stereocenters. The maximum atomic E-state index is 10.9. The van der Waals surface area contributed by atoms with Crippen molar-refractivity contribution in [1.82, 2.24) is 5.32 Å². The van der Waals surface area contributed by atoms with Crippen molar-refractivity contribution in [2.24, 2.45) is 5.73 Å². The summed E-state index contributed by atoms with van der Waals surface area (Å²) < 4.78 is 10.2. The predicted octanol–water partition coefficient (Wildman–Crippen LogP) is 0.283. The average Bonchev–Trinajstić information content (AvgIpc) is 2.26. The molecule has 5 heteroatoms. The molecule has 0 spiro atoms. The maximum Gasteiger partial charge on any atom is 0.234 e. The molecule has 0 aromatic carbocycles. The minimum absolute atomic E-state index is 0.200. The van der Waals surface area contributed by atoms with E-state index in [1.807, 2.05) is 6.92 Å². The van der Waals surface area contributed by atoms with Gasteiger partial charge in [0.25, 0.3) is 0 Å². The number of hydrogen-bond donors (Lipinski definition) is 2. The summed E-state index contributed by atoms with van der Waals surface area (Å²) >= 11 is 0. The highest BCUT2D eigenvalue weighted by atomic mass is 16.5. The van der Waals surface area contributed by atoms with Gasteiger partial charge in [-0.1, -0.05) is 6.92 Å². The number of ether oxygens (including phenoxy) is 2. The first-order valence-electron chi connectivity index (χ1n) is 5.81. The molecule has 0 aromatic rings. The molecule has 1 unspecified atom stereocenters. The molecule has 1 amide bonds. The summed E-state index contributed by atoms with van der Waals surface area (Å²) in [7, 11) is 1.65. The van der Waals surface area contributed by atoms with E-state index in [1.165, 1.54) is 0 Å². The summed E-state index contributed by atoms with van der Waals surface area (Å²) in [6, 6.07) is -0.200. The Morgan fingerprint density at radius 2 is 2.06 bits per heavy atom. The van der Waals surface area contributed by atoms with Crippen LogP contribution in [-0.4, -0.2) is 45.4 Å². The van der Waals surface area contributed by atoms with Crippen molar-refractivity contribution in [3.8, 4) is 0 Å². The number of primary amides is 1. The second-order valence-corrected chi connectivity index (χ2v) is 3.63. The normalized spacial score (nSPS) is 12.6. The number of carbonyl (C=O) groups is 1. The van der Waals surface area contributed by atoms with Gasteiger partial charge in [-0.25, -0.2) is 0 Å². The SMILES string of the molecule is CCC(NCCCCOCCOC)C(N)=O. The number of nitrogens with two attached hydrogens (primary N) is 1. The van der Waals surface area contributed by atoms with E-state index in [-0.39, 0.29) is 11.9 Å². The van der Waals surface area contributed by atoms with Crippen LogP contribution in [0.4, 0.5) is 0 Å². The van der Waals surface area contributed by atoms with E-state index in [2.05, 4.69) is 5.32 Å². The van der Waals surface area contributed by atoms with Crippen LogP contribution < -0.4 is 11.1 Å². The summed E-state index contributed by atoms with van der Waals surface area (Å²) in [6.45, 7) is 4.75. The van der Waals surface area contributed by atoms with Gasteiger partial charge in [-0.3, -0.25) is 4.79 Å². The number of carbonyl (C=O) groups excluding carboxylic acids is 1. The fourth-order valence-corrected chi connectivity index (χ4v) is 1.30. The minimum atomic E-state index is -0.279. The van der Waals surface area contributed by atoms with Crippen molar-refractivity contribution in [3.05, 3.63) is 0 Å². The van der Waals surface area contributed by atoms with Crippen LogP contribution in [0.15, 0.2) is 0 Å². The van der Waals surface area contributed by atoms with Gasteiger partial charge in [-0.15, -0.1) is 0 Å². The number of rotatable bonds is 11. The zero-order chi connectivity index (χ0) is 12.2. The summed E-state index contributed by atoms with van der Waals surface area (Å²) in [6.07, 6.45) is 2.70. The molecule has 0 saturated heterocycles.